The maximum Gasteiger partial charge on any atom is 0.207 e. The summed E-state index contributed by atoms with van der Waals surface area (Å²) in [6, 6.07) is 4.44. The number of hydrogen-bond donors (Lipinski definition) is 1. The zero-order chi connectivity index (χ0) is 11.5. The third-order valence-corrected chi connectivity index (χ3v) is 3.89. The molecule has 2 rings (SSSR count). The molecule has 0 radical (unpaired) electrons. The van der Waals surface area contributed by atoms with Crippen LogP contribution >= 0.6 is 34.7 Å². The van der Waals surface area contributed by atoms with E-state index in [0.717, 1.165) is 9.90 Å². The highest BCUT2D eigenvalue weighted by molar-refractivity contribution is 7.98. The molecule has 0 saturated carbocycles. The Labute approximate surface area is 105 Å². The number of nitrogens with zero attached hydrogens (tertiary/aromatic N) is 2. The lowest BCUT2D eigenvalue weighted by Crippen LogP contribution is -1.87. The Morgan fingerprint density at radius 3 is 2.81 bits per heavy atom. The zero-order valence-corrected chi connectivity index (χ0v) is 10.4. The molecule has 0 fully saturated rings. The standard InChI is InChI=1S/C9H7ClFN3S2/c10-9-14-13-8(16-9)4-15-7-2-5(11)1-6(12)3-7/h1-3H,4,12H2. The van der Waals surface area contributed by atoms with Gasteiger partial charge in [-0.3, -0.25) is 0 Å². The fourth-order valence-electron chi connectivity index (χ4n) is 1.10. The molecule has 0 spiro atoms. The maximum atomic E-state index is 13.0. The molecule has 0 unspecified atom stereocenters. The molecule has 2 N–H and O–H groups in total. The van der Waals surface area contributed by atoms with E-state index in [9.17, 15) is 4.39 Å². The van der Waals surface area contributed by atoms with E-state index < -0.39 is 0 Å². The lowest BCUT2D eigenvalue weighted by atomic mass is 10.3. The molecule has 2 aromatic rings. The first-order valence-electron chi connectivity index (χ1n) is 4.30. The summed E-state index contributed by atoms with van der Waals surface area (Å²) < 4.78 is 13.4. The van der Waals surface area contributed by atoms with Crippen molar-refractivity contribution in [3.05, 3.63) is 33.5 Å². The van der Waals surface area contributed by atoms with Gasteiger partial charge in [0.2, 0.25) is 4.47 Å². The van der Waals surface area contributed by atoms with Crippen LogP contribution in [0.1, 0.15) is 5.01 Å². The fourth-order valence-corrected chi connectivity index (χ4v) is 2.94. The second kappa shape index (κ2) is 4.99. The van der Waals surface area contributed by atoms with Crippen LogP contribution in [0.2, 0.25) is 4.47 Å². The Balaban J connectivity index is 2.04. The predicted octanol–water partition coefficient (Wildman–Crippen LogP) is 3.21. The van der Waals surface area contributed by atoms with Crippen molar-refractivity contribution in [2.24, 2.45) is 0 Å². The van der Waals surface area contributed by atoms with E-state index in [-0.39, 0.29) is 5.82 Å². The Kier molecular flexibility index (Phi) is 3.63. The predicted molar refractivity (Wildman–Crippen MR) is 65.3 cm³/mol. The fraction of sp³-hybridized carbons (Fsp3) is 0.111. The molecule has 0 aliphatic rings. The number of anilines is 1. The normalized spacial score (nSPS) is 10.6. The Hall–Kier alpha value is -0.850. The lowest BCUT2D eigenvalue weighted by molar-refractivity contribution is 0.625. The number of nitrogen functional groups attached to an aromatic ring is 1. The molecule has 0 bridgehead atoms. The van der Waals surface area contributed by atoms with E-state index in [2.05, 4.69) is 10.2 Å². The largest absolute Gasteiger partial charge is 0.399 e. The number of nitrogens with two attached hydrogens (primary N) is 1. The molecule has 1 aromatic carbocycles. The van der Waals surface area contributed by atoms with E-state index in [4.69, 9.17) is 17.3 Å². The van der Waals surface area contributed by atoms with E-state index in [1.54, 1.807) is 6.07 Å². The van der Waals surface area contributed by atoms with Gasteiger partial charge in [0.1, 0.15) is 10.8 Å². The van der Waals surface area contributed by atoms with Gasteiger partial charge >= 0.3 is 0 Å². The highest BCUT2D eigenvalue weighted by Gasteiger charge is 2.04. The van der Waals surface area contributed by atoms with Gasteiger partial charge in [0.15, 0.2) is 0 Å². The first-order valence-corrected chi connectivity index (χ1v) is 6.48. The zero-order valence-electron chi connectivity index (χ0n) is 7.98. The average molecular weight is 276 g/mol. The van der Waals surface area contributed by atoms with Crippen molar-refractivity contribution in [2.75, 3.05) is 5.73 Å². The number of benzene rings is 1. The first-order chi connectivity index (χ1) is 7.63. The summed E-state index contributed by atoms with van der Waals surface area (Å²) in [5.41, 5.74) is 5.95. The van der Waals surface area contributed by atoms with E-state index in [1.165, 1.54) is 35.2 Å². The summed E-state index contributed by atoms with van der Waals surface area (Å²) in [6.07, 6.45) is 0. The van der Waals surface area contributed by atoms with Crippen LogP contribution in [0, 0.1) is 5.82 Å². The number of hydrogen-bond acceptors (Lipinski definition) is 5. The van der Waals surface area contributed by atoms with Gasteiger partial charge in [-0.15, -0.1) is 22.0 Å². The molecule has 0 saturated heterocycles. The number of halogens is 2. The number of rotatable bonds is 3. The first kappa shape index (κ1) is 11.6. The smallest absolute Gasteiger partial charge is 0.207 e. The van der Waals surface area contributed by atoms with Crippen LogP contribution in [0.15, 0.2) is 23.1 Å². The van der Waals surface area contributed by atoms with Gasteiger partial charge in [-0.1, -0.05) is 11.3 Å². The van der Waals surface area contributed by atoms with Gasteiger partial charge in [-0.05, 0) is 29.8 Å². The van der Waals surface area contributed by atoms with E-state index >= 15 is 0 Å². The molecule has 0 aliphatic heterocycles. The third-order valence-electron chi connectivity index (χ3n) is 1.70. The minimum atomic E-state index is -0.335. The molecule has 84 valence electrons. The minimum Gasteiger partial charge on any atom is -0.399 e. The van der Waals surface area contributed by atoms with Crippen molar-refractivity contribution >= 4 is 40.4 Å². The SMILES string of the molecule is Nc1cc(F)cc(SCc2nnc(Cl)s2)c1. The molecule has 16 heavy (non-hydrogen) atoms. The van der Waals surface area contributed by atoms with Gasteiger partial charge in [0.05, 0.1) is 5.75 Å². The van der Waals surface area contributed by atoms with Gasteiger partial charge in [0, 0.05) is 10.6 Å². The monoisotopic (exact) mass is 275 g/mol. The quantitative estimate of drug-likeness (QED) is 0.690. The molecular weight excluding hydrogens is 269 g/mol. The molecule has 0 atom stereocenters. The van der Waals surface area contributed by atoms with Crippen LogP contribution in [0.5, 0.6) is 0 Å². The van der Waals surface area contributed by atoms with Crippen molar-refractivity contribution in [2.45, 2.75) is 10.6 Å². The second-order valence-corrected chi connectivity index (χ2v) is 5.65. The Morgan fingerprint density at radius 2 is 2.19 bits per heavy atom. The highest BCUT2D eigenvalue weighted by atomic mass is 35.5. The minimum absolute atomic E-state index is 0.335. The summed E-state index contributed by atoms with van der Waals surface area (Å²) in [5.74, 6) is 0.269. The van der Waals surface area contributed by atoms with Crippen LogP contribution in [0.25, 0.3) is 0 Å². The lowest BCUT2D eigenvalue weighted by Gasteiger charge is -2.01. The molecule has 1 heterocycles. The summed E-state index contributed by atoms with van der Waals surface area (Å²) in [4.78, 5) is 0.767. The third kappa shape index (κ3) is 3.07. The van der Waals surface area contributed by atoms with Crippen molar-refractivity contribution in [1.29, 1.82) is 0 Å². The van der Waals surface area contributed by atoms with Crippen LogP contribution in [0.4, 0.5) is 10.1 Å². The summed E-state index contributed by atoms with van der Waals surface area (Å²) in [5, 5.41) is 8.36. The van der Waals surface area contributed by atoms with Gasteiger partial charge in [0.25, 0.3) is 0 Å². The van der Waals surface area contributed by atoms with E-state index in [0.29, 0.717) is 15.9 Å². The summed E-state index contributed by atoms with van der Waals surface area (Å²) in [7, 11) is 0. The molecule has 3 nitrogen and oxygen atoms in total. The van der Waals surface area contributed by atoms with Crippen LogP contribution in [-0.4, -0.2) is 10.2 Å². The Morgan fingerprint density at radius 1 is 1.38 bits per heavy atom. The van der Waals surface area contributed by atoms with Crippen LogP contribution in [-0.2, 0) is 5.75 Å². The summed E-state index contributed by atoms with van der Waals surface area (Å²) >= 11 is 8.41. The van der Waals surface area contributed by atoms with Gasteiger partial charge in [-0.2, -0.15) is 0 Å². The number of aromatic nitrogens is 2. The van der Waals surface area contributed by atoms with Crippen molar-refractivity contribution in [3.63, 3.8) is 0 Å². The van der Waals surface area contributed by atoms with E-state index in [1.807, 2.05) is 0 Å². The van der Waals surface area contributed by atoms with Crippen molar-refractivity contribution in [1.82, 2.24) is 10.2 Å². The summed E-state index contributed by atoms with van der Waals surface area (Å²) in [6.45, 7) is 0. The van der Waals surface area contributed by atoms with Gasteiger partial charge in [-0.25, -0.2) is 4.39 Å². The molecule has 0 aliphatic carbocycles. The average Bonchev–Trinajstić information content (AvgIpc) is 2.60. The maximum absolute atomic E-state index is 13.0. The van der Waals surface area contributed by atoms with Crippen LogP contribution < -0.4 is 5.73 Å². The topological polar surface area (TPSA) is 51.8 Å². The molecule has 0 amide bonds. The highest BCUT2D eigenvalue weighted by Crippen LogP contribution is 2.27. The Bertz CT molecular complexity index is 483. The molecule has 7 heteroatoms. The van der Waals surface area contributed by atoms with Crippen molar-refractivity contribution in [3.8, 4) is 0 Å². The van der Waals surface area contributed by atoms with Crippen LogP contribution in [0.3, 0.4) is 0 Å². The second-order valence-electron chi connectivity index (χ2n) is 2.96. The van der Waals surface area contributed by atoms with Gasteiger partial charge < -0.3 is 5.73 Å². The molecular formula is C9H7ClFN3S2. The number of thioether (sulfide) groups is 1. The molecule has 1 aromatic heterocycles. The van der Waals surface area contributed by atoms with Crippen molar-refractivity contribution < 1.29 is 4.39 Å².